The van der Waals surface area contributed by atoms with Gasteiger partial charge in [0.1, 0.15) is 11.6 Å². The summed E-state index contributed by atoms with van der Waals surface area (Å²) in [6.45, 7) is 0. The van der Waals surface area contributed by atoms with E-state index in [0.717, 1.165) is 23.3 Å². The second kappa shape index (κ2) is 6.17. The van der Waals surface area contributed by atoms with Gasteiger partial charge in [-0.15, -0.1) is 0 Å². The summed E-state index contributed by atoms with van der Waals surface area (Å²) in [5, 5.41) is 0. The minimum Gasteiger partial charge on any atom is -0.497 e. The minimum absolute atomic E-state index is 0.00287. The standard InChI is InChI=1S/C14H18N4O/c1-19-12-4-2-3-11(9-12)13(18-16)7-10-5-6-17-14(15)8-10/h2-6,8-9,13,18H,7,16H2,1H3,(H2,15,17). The number of benzene rings is 1. The van der Waals surface area contributed by atoms with Crippen LogP contribution >= 0.6 is 0 Å². The number of nitrogens with one attached hydrogen (secondary N) is 1. The summed E-state index contributed by atoms with van der Waals surface area (Å²) >= 11 is 0. The number of pyridine rings is 1. The molecule has 0 spiro atoms. The third kappa shape index (κ3) is 3.43. The molecule has 5 heteroatoms. The first-order valence-corrected chi connectivity index (χ1v) is 6.03. The SMILES string of the molecule is COc1cccc(C(Cc2ccnc(N)c2)NN)c1. The van der Waals surface area contributed by atoms with Gasteiger partial charge in [-0.3, -0.25) is 11.3 Å². The van der Waals surface area contributed by atoms with Gasteiger partial charge in [0.25, 0.3) is 0 Å². The lowest BCUT2D eigenvalue weighted by Gasteiger charge is -2.17. The molecule has 1 aromatic heterocycles. The Kier molecular flexibility index (Phi) is 4.33. The lowest BCUT2D eigenvalue weighted by atomic mass is 10.00. The number of aromatic nitrogens is 1. The number of hydrazine groups is 1. The molecular formula is C14H18N4O. The maximum atomic E-state index is 5.68. The smallest absolute Gasteiger partial charge is 0.123 e. The van der Waals surface area contributed by atoms with E-state index in [9.17, 15) is 0 Å². The second-order valence-electron chi connectivity index (χ2n) is 4.29. The maximum Gasteiger partial charge on any atom is 0.123 e. The van der Waals surface area contributed by atoms with Crippen molar-refractivity contribution in [1.82, 2.24) is 10.4 Å². The Morgan fingerprint density at radius 1 is 1.32 bits per heavy atom. The number of hydrogen-bond donors (Lipinski definition) is 3. The number of nitrogens with zero attached hydrogens (tertiary/aromatic N) is 1. The molecule has 0 aliphatic rings. The number of methoxy groups -OCH3 is 1. The van der Waals surface area contributed by atoms with Gasteiger partial charge in [-0.2, -0.15) is 0 Å². The van der Waals surface area contributed by atoms with Crippen LogP contribution in [0.4, 0.5) is 5.82 Å². The summed E-state index contributed by atoms with van der Waals surface area (Å²) in [6.07, 6.45) is 2.43. The lowest BCUT2D eigenvalue weighted by Crippen LogP contribution is -2.29. The second-order valence-corrected chi connectivity index (χ2v) is 4.29. The van der Waals surface area contributed by atoms with Crippen molar-refractivity contribution in [2.45, 2.75) is 12.5 Å². The molecule has 19 heavy (non-hydrogen) atoms. The van der Waals surface area contributed by atoms with Crippen molar-refractivity contribution in [3.05, 3.63) is 53.7 Å². The number of ether oxygens (including phenoxy) is 1. The Hall–Kier alpha value is -2.11. The number of rotatable bonds is 5. The average molecular weight is 258 g/mol. The zero-order valence-corrected chi connectivity index (χ0v) is 10.8. The molecule has 0 aliphatic carbocycles. The van der Waals surface area contributed by atoms with Crippen LogP contribution in [0.1, 0.15) is 17.2 Å². The van der Waals surface area contributed by atoms with Crippen molar-refractivity contribution in [2.24, 2.45) is 5.84 Å². The third-order valence-corrected chi connectivity index (χ3v) is 2.98. The summed E-state index contributed by atoms with van der Waals surface area (Å²) in [4.78, 5) is 3.98. The van der Waals surface area contributed by atoms with Gasteiger partial charge in [0.05, 0.1) is 13.2 Å². The highest BCUT2D eigenvalue weighted by molar-refractivity contribution is 5.35. The molecule has 100 valence electrons. The molecule has 0 fully saturated rings. The molecular weight excluding hydrogens is 240 g/mol. The topological polar surface area (TPSA) is 86.2 Å². The normalized spacial score (nSPS) is 12.1. The van der Waals surface area contributed by atoms with E-state index in [-0.39, 0.29) is 6.04 Å². The lowest BCUT2D eigenvalue weighted by molar-refractivity contribution is 0.413. The molecule has 0 aliphatic heterocycles. The molecule has 1 unspecified atom stereocenters. The first kappa shape index (κ1) is 13.3. The van der Waals surface area contributed by atoms with Crippen molar-refractivity contribution in [2.75, 3.05) is 12.8 Å². The van der Waals surface area contributed by atoms with Crippen molar-refractivity contribution >= 4 is 5.82 Å². The van der Waals surface area contributed by atoms with E-state index in [1.165, 1.54) is 0 Å². The largest absolute Gasteiger partial charge is 0.497 e. The monoisotopic (exact) mass is 258 g/mol. The van der Waals surface area contributed by atoms with Gasteiger partial charge < -0.3 is 10.5 Å². The number of anilines is 1. The molecule has 0 amide bonds. The van der Waals surface area contributed by atoms with Crippen molar-refractivity contribution in [3.8, 4) is 5.75 Å². The van der Waals surface area contributed by atoms with E-state index in [1.54, 1.807) is 13.3 Å². The highest BCUT2D eigenvalue weighted by atomic mass is 16.5. The van der Waals surface area contributed by atoms with Gasteiger partial charge in [-0.1, -0.05) is 12.1 Å². The predicted molar refractivity (Wildman–Crippen MR) is 75.4 cm³/mol. The molecule has 0 radical (unpaired) electrons. The summed E-state index contributed by atoms with van der Waals surface area (Å²) in [5.41, 5.74) is 10.6. The quantitative estimate of drug-likeness (QED) is 0.558. The molecule has 0 saturated heterocycles. The Balaban J connectivity index is 2.19. The fourth-order valence-corrected chi connectivity index (χ4v) is 1.99. The number of nitrogens with two attached hydrogens (primary N) is 2. The fourth-order valence-electron chi connectivity index (χ4n) is 1.99. The van der Waals surface area contributed by atoms with Crippen LogP contribution < -0.4 is 21.7 Å². The Morgan fingerprint density at radius 2 is 2.16 bits per heavy atom. The molecule has 2 rings (SSSR count). The van der Waals surface area contributed by atoms with E-state index in [4.69, 9.17) is 16.3 Å². The van der Waals surface area contributed by atoms with Gasteiger partial charge >= 0.3 is 0 Å². The zero-order chi connectivity index (χ0) is 13.7. The van der Waals surface area contributed by atoms with Gasteiger partial charge in [-0.05, 0) is 41.8 Å². The fraction of sp³-hybridized carbons (Fsp3) is 0.214. The van der Waals surface area contributed by atoms with E-state index in [1.807, 2.05) is 36.4 Å². The van der Waals surface area contributed by atoms with E-state index >= 15 is 0 Å². The molecule has 5 nitrogen and oxygen atoms in total. The maximum absolute atomic E-state index is 5.68. The van der Waals surface area contributed by atoms with Crippen LogP contribution in [-0.4, -0.2) is 12.1 Å². The van der Waals surface area contributed by atoms with Crippen molar-refractivity contribution < 1.29 is 4.74 Å². The molecule has 1 aromatic carbocycles. The summed E-state index contributed by atoms with van der Waals surface area (Å²) < 4.78 is 5.22. The van der Waals surface area contributed by atoms with Crippen molar-refractivity contribution in [3.63, 3.8) is 0 Å². The van der Waals surface area contributed by atoms with Crippen LogP contribution in [0.5, 0.6) is 5.75 Å². The minimum atomic E-state index is -0.00287. The Bertz CT molecular complexity index is 544. The molecule has 2 aromatic rings. The van der Waals surface area contributed by atoms with E-state index < -0.39 is 0 Å². The van der Waals surface area contributed by atoms with E-state index in [0.29, 0.717) is 5.82 Å². The van der Waals surface area contributed by atoms with Crippen LogP contribution in [0.25, 0.3) is 0 Å². The van der Waals surface area contributed by atoms with Gasteiger partial charge in [-0.25, -0.2) is 4.98 Å². The Morgan fingerprint density at radius 3 is 2.84 bits per heavy atom. The predicted octanol–water partition coefficient (Wildman–Crippen LogP) is 1.42. The Labute approximate surface area is 112 Å². The summed E-state index contributed by atoms with van der Waals surface area (Å²) in [6, 6.07) is 11.6. The molecule has 1 heterocycles. The van der Waals surface area contributed by atoms with Gasteiger partial charge in [0.2, 0.25) is 0 Å². The molecule has 0 saturated carbocycles. The first-order chi connectivity index (χ1) is 9.22. The molecule has 5 N–H and O–H groups in total. The highest BCUT2D eigenvalue weighted by Crippen LogP contribution is 2.22. The first-order valence-electron chi connectivity index (χ1n) is 6.03. The van der Waals surface area contributed by atoms with Crippen molar-refractivity contribution in [1.29, 1.82) is 0 Å². The number of nitrogen functional groups attached to an aromatic ring is 1. The number of hydrogen-bond acceptors (Lipinski definition) is 5. The van der Waals surface area contributed by atoms with Crippen LogP contribution in [0.15, 0.2) is 42.6 Å². The van der Waals surface area contributed by atoms with Crippen LogP contribution in [0, 0.1) is 0 Å². The van der Waals surface area contributed by atoms with Crippen LogP contribution in [0.3, 0.4) is 0 Å². The highest BCUT2D eigenvalue weighted by Gasteiger charge is 2.11. The molecule has 0 bridgehead atoms. The van der Waals surface area contributed by atoms with Gasteiger partial charge in [0, 0.05) is 6.20 Å². The summed E-state index contributed by atoms with van der Waals surface area (Å²) in [7, 11) is 1.65. The van der Waals surface area contributed by atoms with Crippen LogP contribution in [-0.2, 0) is 6.42 Å². The summed E-state index contributed by atoms with van der Waals surface area (Å²) in [5.74, 6) is 6.97. The third-order valence-electron chi connectivity index (χ3n) is 2.98. The van der Waals surface area contributed by atoms with Gasteiger partial charge in [0.15, 0.2) is 0 Å². The molecule has 1 atom stereocenters. The van der Waals surface area contributed by atoms with E-state index in [2.05, 4.69) is 10.4 Å². The zero-order valence-electron chi connectivity index (χ0n) is 10.8. The van der Waals surface area contributed by atoms with Crippen LogP contribution in [0.2, 0.25) is 0 Å². The average Bonchev–Trinajstić information content (AvgIpc) is 2.45.